The van der Waals surface area contributed by atoms with Crippen LogP contribution in [0.3, 0.4) is 0 Å². The molecule has 0 fully saturated rings. The predicted octanol–water partition coefficient (Wildman–Crippen LogP) is 3.73. The lowest BCUT2D eigenvalue weighted by molar-refractivity contribution is 0.00112. The third-order valence-corrected chi connectivity index (χ3v) is 4.47. The molecule has 131 valence electrons. The lowest BCUT2D eigenvalue weighted by atomic mass is 9.96. The molecule has 1 unspecified atom stereocenters. The highest BCUT2D eigenvalue weighted by atomic mass is 16.6. The monoisotopic (exact) mass is 348 g/mol. The summed E-state index contributed by atoms with van der Waals surface area (Å²) < 4.78 is 10.3. The predicted molar refractivity (Wildman–Crippen MR) is 95.1 cm³/mol. The van der Waals surface area contributed by atoms with Crippen LogP contribution in [0.1, 0.15) is 47.7 Å². The summed E-state index contributed by atoms with van der Waals surface area (Å²) in [5.74, 6) is -0.631. The van der Waals surface area contributed by atoms with Gasteiger partial charge >= 0.3 is 12.4 Å². The van der Waals surface area contributed by atoms with Gasteiger partial charge in [-0.3, -0.25) is 0 Å². The maximum absolute atomic E-state index is 12.5. The summed E-state index contributed by atoms with van der Waals surface area (Å²) in [6, 6.07) is 15.3. The van der Waals surface area contributed by atoms with Crippen molar-refractivity contribution in [2.75, 3.05) is 6.61 Å². The molecule has 0 aliphatic heterocycles. The Morgan fingerprint density at radius 2 is 1.88 bits per heavy atom. The number of hydrogen-bond acceptors (Lipinski definition) is 5. The first-order valence-corrected chi connectivity index (χ1v) is 8.29. The number of carbonyl (C=O) groups excluding carboxylic acids is 2. The Morgan fingerprint density at radius 1 is 1.15 bits per heavy atom. The second-order valence-electron chi connectivity index (χ2n) is 6.82. The summed E-state index contributed by atoms with van der Waals surface area (Å²) in [6.07, 6.45) is 0.112. The Balaban J connectivity index is 1.95. The van der Waals surface area contributed by atoms with Gasteiger partial charge in [0.25, 0.3) is 0 Å². The molecule has 0 spiro atoms. The minimum absolute atomic E-state index is 0.112. The number of benzene rings is 2. The first-order chi connectivity index (χ1) is 12.5. The number of nitriles is 1. The van der Waals surface area contributed by atoms with Gasteiger partial charge in [-0.2, -0.15) is 5.26 Å². The average Bonchev–Trinajstić information content (AvgIpc) is 2.92. The maximum Gasteiger partial charge on any atom is 0.417 e. The van der Waals surface area contributed by atoms with Crippen LogP contribution in [-0.4, -0.2) is 24.6 Å². The van der Waals surface area contributed by atoms with Gasteiger partial charge < -0.3 is 9.47 Å². The molecular weight excluding hydrogens is 330 g/mol. The minimum Gasteiger partial charge on any atom is -0.456 e. The third-order valence-electron chi connectivity index (χ3n) is 4.47. The van der Waals surface area contributed by atoms with Crippen molar-refractivity contribution in [3.05, 3.63) is 59.2 Å². The van der Waals surface area contributed by atoms with Gasteiger partial charge in [-0.1, -0.05) is 30.3 Å². The van der Waals surface area contributed by atoms with Gasteiger partial charge in [-0.15, -0.1) is 0 Å². The number of carbonyl (C=O) groups is 1. The van der Waals surface area contributed by atoms with E-state index in [1.807, 2.05) is 36.4 Å². The summed E-state index contributed by atoms with van der Waals surface area (Å²) in [5, 5.41) is 8.84. The summed E-state index contributed by atoms with van der Waals surface area (Å²) in [7, 11) is 0. The molecule has 2 aromatic carbocycles. The van der Waals surface area contributed by atoms with Crippen molar-refractivity contribution < 1.29 is 19.1 Å². The van der Waals surface area contributed by atoms with Crippen LogP contribution in [0, 0.1) is 11.3 Å². The van der Waals surface area contributed by atoms with E-state index in [1.165, 1.54) is 6.47 Å². The Morgan fingerprint density at radius 3 is 2.62 bits per heavy atom. The molecule has 0 aromatic heterocycles. The first kappa shape index (κ1) is 17.7. The molecule has 0 bridgehead atoms. The van der Waals surface area contributed by atoms with Gasteiger partial charge in [0.2, 0.25) is 0 Å². The number of hydrogen-bond donors (Lipinski definition) is 0. The Kier molecular flexibility index (Phi) is 4.77. The molecular formula is C21H18NO4. The van der Waals surface area contributed by atoms with Crippen LogP contribution in [0.15, 0.2) is 42.5 Å². The van der Waals surface area contributed by atoms with E-state index < -0.39 is 11.6 Å². The molecule has 1 aliphatic carbocycles. The van der Waals surface area contributed by atoms with E-state index >= 15 is 0 Å². The second kappa shape index (κ2) is 7.01. The number of esters is 1. The van der Waals surface area contributed by atoms with Gasteiger partial charge in [0.05, 0.1) is 18.1 Å². The smallest absolute Gasteiger partial charge is 0.417 e. The van der Waals surface area contributed by atoms with Gasteiger partial charge in [-0.25, -0.2) is 9.59 Å². The number of fused-ring (bicyclic) bond motifs is 3. The van der Waals surface area contributed by atoms with Crippen molar-refractivity contribution in [2.24, 2.45) is 0 Å². The average molecular weight is 348 g/mol. The van der Waals surface area contributed by atoms with Gasteiger partial charge in [0.1, 0.15) is 12.2 Å². The Hall–Kier alpha value is -3.13. The molecule has 0 amide bonds. The molecule has 1 radical (unpaired) electrons. The molecule has 5 heteroatoms. The standard InChI is InChI=1S/C21H18NO4/c1-21(2,9-10-22)26-20(24)14-7-8-17-15-5-3-4-6-16(15)19(12-25-13-23)18(17)11-14/h3-8,11,19H,9,12H2,1-2H3. The van der Waals surface area contributed by atoms with E-state index in [2.05, 4.69) is 0 Å². The fourth-order valence-electron chi connectivity index (χ4n) is 3.27. The van der Waals surface area contributed by atoms with Crippen molar-refractivity contribution >= 4 is 12.4 Å². The van der Waals surface area contributed by atoms with Gasteiger partial charge in [0, 0.05) is 5.92 Å². The molecule has 2 aromatic rings. The van der Waals surface area contributed by atoms with Crippen LogP contribution in [0.4, 0.5) is 0 Å². The van der Waals surface area contributed by atoms with E-state index in [1.54, 1.807) is 26.0 Å². The van der Waals surface area contributed by atoms with E-state index in [4.69, 9.17) is 14.7 Å². The van der Waals surface area contributed by atoms with Crippen molar-refractivity contribution in [3.8, 4) is 17.2 Å². The van der Waals surface area contributed by atoms with E-state index in [0.29, 0.717) is 5.56 Å². The topological polar surface area (TPSA) is 76.4 Å². The van der Waals surface area contributed by atoms with Gasteiger partial charge in [0.15, 0.2) is 0 Å². The largest absolute Gasteiger partial charge is 0.456 e. The van der Waals surface area contributed by atoms with E-state index in [0.717, 1.165) is 22.3 Å². The fourth-order valence-corrected chi connectivity index (χ4v) is 3.27. The van der Waals surface area contributed by atoms with Crippen molar-refractivity contribution in [3.63, 3.8) is 0 Å². The number of ether oxygens (including phenoxy) is 2. The summed E-state index contributed by atoms with van der Waals surface area (Å²) >= 11 is 0. The second-order valence-corrected chi connectivity index (χ2v) is 6.82. The van der Waals surface area contributed by atoms with Crippen LogP contribution < -0.4 is 0 Å². The highest BCUT2D eigenvalue weighted by Gasteiger charge is 2.31. The van der Waals surface area contributed by atoms with Crippen LogP contribution in [0.5, 0.6) is 0 Å². The quantitative estimate of drug-likeness (QED) is 0.744. The maximum atomic E-state index is 12.5. The SMILES string of the molecule is CC(C)(CC#N)OC(=O)c1ccc2c(c1)C(CO[C]=O)c1ccccc1-2. The Bertz CT molecular complexity index is 895. The zero-order valence-electron chi connectivity index (χ0n) is 14.6. The first-order valence-electron chi connectivity index (χ1n) is 8.29. The van der Waals surface area contributed by atoms with Crippen LogP contribution in [-0.2, 0) is 14.3 Å². The zero-order chi connectivity index (χ0) is 18.7. The van der Waals surface area contributed by atoms with Crippen molar-refractivity contribution in [2.45, 2.75) is 31.8 Å². The molecule has 0 N–H and O–H groups in total. The highest BCUT2D eigenvalue weighted by Crippen LogP contribution is 2.45. The fraction of sp³-hybridized carbons (Fsp3) is 0.286. The minimum atomic E-state index is -0.858. The Labute approximate surface area is 152 Å². The number of nitrogens with zero attached hydrogens (tertiary/aromatic N) is 1. The molecule has 5 nitrogen and oxygen atoms in total. The van der Waals surface area contributed by atoms with Crippen molar-refractivity contribution in [1.29, 1.82) is 5.26 Å². The summed E-state index contributed by atoms with van der Waals surface area (Å²) in [6.45, 7) is 5.03. The van der Waals surface area contributed by atoms with Gasteiger partial charge in [-0.05, 0) is 48.2 Å². The molecule has 1 aliphatic rings. The van der Waals surface area contributed by atoms with E-state index in [-0.39, 0.29) is 18.9 Å². The van der Waals surface area contributed by atoms with Crippen LogP contribution >= 0.6 is 0 Å². The summed E-state index contributed by atoms with van der Waals surface area (Å²) in [4.78, 5) is 23.0. The molecule has 0 saturated heterocycles. The molecule has 26 heavy (non-hydrogen) atoms. The lowest BCUT2D eigenvalue weighted by Gasteiger charge is -2.22. The third kappa shape index (κ3) is 3.31. The molecule has 3 rings (SSSR count). The number of rotatable bonds is 6. The highest BCUT2D eigenvalue weighted by molar-refractivity contribution is 5.92. The van der Waals surface area contributed by atoms with Crippen LogP contribution in [0.25, 0.3) is 11.1 Å². The normalized spacial score (nSPS) is 14.7. The summed E-state index contributed by atoms with van der Waals surface area (Å²) in [5.41, 5.74) is 3.58. The van der Waals surface area contributed by atoms with E-state index in [9.17, 15) is 9.59 Å². The molecule has 0 heterocycles. The zero-order valence-corrected chi connectivity index (χ0v) is 14.6. The lowest BCUT2D eigenvalue weighted by Crippen LogP contribution is -2.27. The molecule has 0 saturated carbocycles. The van der Waals surface area contributed by atoms with Crippen LogP contribution in [0.2, 0.25) is 0 Å². The van der Waals surface area contributed by atoms with Crippen molar-refractivity contribution in [1.82, 2.24) is 0 Å². The molecule has 1 atom stereocenters.